The number of nitrogens with one attached hydrogen (secondary N) is 1. The minimum atomic E-state index is -0.548. The van der Waals surface area contributed by atoms with Crippen LogP contribution in [-0.4, -0.2) is 18.6 Å². The summed E-state index contributed by atoms with van der Waals surface area (Å²) in [7, 11) is 0. The van der Waals surface area contributed by atoms with Gasteiger partial charge in [-0.1, -0.05) is 6.92 Å². The molecule has 2 atom stereocenters. The van der Waals surface area contributed by atoms with E-state index in [0.717, 1.165) is 29.0 Å². The predicted molar refractivity (Wildman–Crippen MR) is 79.3 cm³/mol. The van der Waals surface area contributed by atoms with E-state index in [4.69, 9.17) is 10.5 Å². The first-order chi connectivity index (χ1) is 9.41. The predicted octanol–water partition coefficient (Wildman–Crippen LogP) is 2.44. The molecule has 1 aromatic carbocycles. The zero-order valence-corrected chi connectivity index (χ0v) is 12.5. The highest BCUT2D eigenvalue weighted by Crippen LogP contribution is 2.52. The minimum absolute atomic E-state index is 0.0207. The molecule has 1 aromatic rings. The van der Waals surface area contributed by atoms with Crippen LogP contribution in [0.15, 0.2) is 6.07 Å². The van der Waals surface area contributed by atoms with Gasteiger partial charge in [-0.25, -0.2) is 0 Å². The van der Waals surface area contributed by atoms with Crippen LogP contribution in [0, 0.1) is 6.92 Å². The summed E-state index contributed by atoms with van der Waals surface area (Å²) in [5.74, 6) is 1.25. The molecule has 2 aliphatic rings. The zero-order valence-electron chi connectivity index (χ0n) is 12.5. The van der Waals surface area contributed by atoms with Gasteiger partial charge < -0.3 is 15.8 Å². The van der Waals surface area contributed by atoms with Gasteiger partial charge in [0.15, 0.2) is 0 Å². The molecule has 4 heteroatoms. The maximum Gasteiger partial charge on any atom is 0.234 e. The van der Waals surface area contributed by atoms with Gasteiger partial charge in [0.1, 0.15) is 11.9 Å². The van der Waals surface area contributed by atoms with E-state index in [-0.39, 0.29) is 12.0 Å². The van der Waals surface area contributed by atoms with Crippen LogP contribution in [0.25, 0.3) is 0 Å². The second kappa shape index (κ2) is 4.22. The fraction of sp³-hybridized carbons (Fsp3) is 0.562. The summed E-state index contributed by atoms with van der Waals surface area (Å²) < 4.78 is 6.12. The maximum atomic E-state index is 12.2. The number of rotatable bonds is 2. The molecular weight excluding hydrogens is 252 g/mol. The Morgan fingerprint density at radius 2 is 2.15 bits per heavy atom. The molecule has 2 aliphatic heterocycles. The molecular formula is C16H22N2O2. The number of fused-ring (bicyclic) bond motifs is 3. The number of carbonyl (C=O) groups excluding carboxylic acids is 1. The van der Waals surface area contributed by atoms with Crippen LogP contribution in [0.4, 0.5) is 5.69 Å². The largest absolute Gasteiger partial charge is 0.488 e. The maximum absolute atomic E-state index is 12.2. The van der Waals surface area contributed by atoms with E-state index in [9.17, 15) is 4.79 Å². The van der Waals surface area contributed by atoms with Crippen molar-refractivity contribution in [2.45, 2.75) is 51.6 Å². The Bertz CT molecular complexity index is 593. The molecule has 20 heavy (non-hydrogen) atoms. The highest BCUT2D eigenvalue weighted by molar-refractivity contribution is 6.07. The summed E-state index contributed by atoms with van der Waals surface area (Å²) in [5.41, 5.74) is 9.55. The van der Waals surface area contributed by atoms with Gasteiger partial charge in [-0.15, -0.1) is 0 Å². The van der Waals surface area contributed by atoms with Crippen LogP contribution in [0.5, 0.6) is 5.75 Å². The lowest BCUT2D eigenvalue weighted by Crippen LogP contribution is -2.29. The second-order valence-electron chi connectivity index (χ2n) is 6.35. The molecule has 2 heterocycles. The van der Waals surface area contributed by atoms with Crippen molar-refractivity contribution in [2.24, 2.45) is 5.73 Å². The van der Waals surface area contributed by atoms with E-state index in [1.165, 1.54) is 5.56 Å². The number of aryl methyl sites for hydroxylation is 1. The number of hydrogen-bond donors (Lipinski definition) is 2. The Kier molecular flexibility index (Phi) is 2.83. The van der Waals surface area contributed by atoms with Crippen molar-refractivity contribution in [1.82, 2.24) is 0 Å². The number of benzene rings is 1. The van der Waals surface area contributed by atoms with Crippen molar-refractivity contribution in [3.63, 3.8) is 0 Å². The van der Waals surface area contributed by atoms with Crippen LogP contribution < -0.4 is 15.8 Å². The fourth-order valence-corrected chi connectivity index (χ4v) is 3.50. The SMILES string of the molecule is CCC1c2cc(C)c3c(c2OC1CN)C(C)(C)C(=O)N3. The molecule has 0 aliphatic carbocycles. The Morgan fingerprint density at radius 1 is 1.45 bits per heavy atom. The monoisotopic (exact) mass is 274 g/mol. The molecule has 1 amide bonds. The summed E-state index contributed by atoms with van der Waals surface area (Å²) in [5, 5.41) is 3.00. The van der Waals surface area contributed by atoms with Gasteiger partial charge in [0.25, 0.3) is 0 Å². The highest BCUT2D eigenvalue weighted by Gasteiger charge is 2.46. The third-order valence-corrected chi connectivity index (χ3v) is 4.73. The third kappa shape index (κ3) is 1.54. The lowest BCUT2D eigenvalue weighted by molar-refractivity contribution is -0.119. The fourth-order valence-electron chi connectivity index (χ4n) is 3.50. The summed E-state index contributed by atoms with van der Waals surface area (Å²) in [6.45, 7) is 8.61. The van der Waals surface area contributed by atoms with E-state index in [2.05, 4.69) is 18.3 Å². The van der Waals surface area contributed by atoms with E-state index in [1.807, 2.05) is 20.8 Å². The molecule has 3 N–H and O–H groups in total. The third-order valence-electron chi connectivity index (χ3n) is 4.73. The lowest BCUT2D eigenvalue weighted by atomic mass is 9.81. The minimum Gasteiger partial charge on any atom is -0.488 e. The first-order valence-electron chi connectivity index (χ1n) is 7.28. The van der Waals surface area contributed by atoms with E-state index in [0.29, 0.717) is 12.5 Å². The molecule has 0 bridgehead atoms. The van der Waals surface area contributed by atoms with Crippen molar-refractivity contribution in [3.8, 4) is 5.75 Å². The Labute approximate surface area is 119 Å². The topological polar surface area (TPSA) is 64.3 Å². The van der Waals surface area contributed by atoms with E-state index >= 15 is 0 Å². The molecule has 0 fully saturated rings. The zero-order chi connectivity index (χ0) is 14.7. The van der Waals surface area contributed by atoms with Crippen molar-refractivity contribution < 1.29 is 9.53 Å². The van der Waals surface area contributed by atoms with Crippen LogP contribution in [0.1, 0.15) is 49.8 Å². The smallest absolute Gasteiger partial charge is 0.234 e. The van der Waals surface area contributed by atoms with Crippen molar-refractivity contribution in [3.05, 3.63) is 22.8 Å². The molecule has 4 nitrogen and oxygen atoms in total. The molecule has 0 saturated heterocycles. The lowest BCUT2D eigenvalue weighted by Gasteiger charge is -2.19. The van der Waals surface area contributed by atoms with E-state index in [1.54, 1.807) is 0 Å². The summed E-state index contributed by atoms with van der Waals surface area (Å²) in [4.78, 5) is 12.2. The quantitative estimate of drug-likeness (QED) is 0.870. The molecule has 0 radical (unpaired) electrons. The van der Waals surface area contributed by atoms with Gasteiger partial charge in [0.2, 0.25) is 5.91 Å². The van der Waals surface area contributed by atoms with Gasteiger partial charge in [-0.3, -0.25) is 4.79 Å². The molecule has 3 rings (SSSR count). The van der Waals surface area contributed by atoms with Crippen molar-refractivity contribution >= 4 is 11.6 Å². The average Bonchev–Trinajstić information content (AvgIpc) is 2.86. The number of ether oxygens (including phenoxy) is 1. The van der Waals surface area contributed by atoms with Gasteiger partial charge in [0, 0.05) is 23.6 Å². The van der Waals surface area contributed by atoms with Crippen molar-refractivity contribution in [2.75, 3.05) is 11.9 Å². The average molecular weight is 274 g/mol. The van der Waals surface area contributed by atoms with Gasteiger partial charge in [-0.2, -0.15) is 0 Å². The number of carbonyl (C=O) groups is 1. The van der Waals surface area contributed by atoms with Crippen LogP contribution in [-0.2, 0) is 10.2 Å². The van der Waals surface area contributed by atoms with Gasteiger partial charge >= 0.3 is 0 Å². The van der Waals surface area contributed by atoms with Crippen LogP contribution in [0.3, 0.4) is 0 Å². The van der Waals surface area contributed by atoms with Gasteiger partial charge in [-0.05, 0) is 38.8 Å². The molecule has 108 valence electrons. The van der Waals surface area contributed by atoms with Crippen LogP contribution >= 0.6 is 0 Å². The Morgan fingerprint density at radius 3 is 2.75 bits per heavy atom. The first-order valence-corrected chi connectivity index (χ1v) is 7.28. The first kappa shape index (κ1) is 13.4. The van der Waals surface area contributed by atoms with Crippen molar-refractivity contribution in [1.29, 1.82) is 0 Å². The number of hydrogen-bond acceptors (Lipinski definition) is 3. The number of anilines is 1. The highest BCUT2D eigenvalue weighted by atomic mass is 16.5. The summed E-state index contributed by atoms with van der Waals surface area (Å²) in [6.07, 6.45) is 1.02. The molecule has 0 spiro atoms. The Balaban J connectivity index is 2.24. The molecule has 2 unspecified atom stereocenters. The number of amides is 1. The summed E-state index contributed by atoms with van der Waals surface area (Å²) in [6, 6.07) is 2.15. The van der Waals surface area contributed by atoms with E-state index < -0.39 is 5.41 Å². The standard InChI is InChI=1S/C16H22N2O2/c1-5-9-10-6-8(2)13-12(14(10)20-11(9)7-17)16(3,4)15(19)18-13/h6,9,11H,5,7,17H2,1-4H3,(H,18,19). The van der Waals surface area contributed by atoms with Gasteiger partial charge in [0.05, 0.1) is 11.1 Å². The normalized spacial score (nSPS) is 25.9. The Hall–Kier alpha value is -1.55. The molecule has 0 saturated carbocycles. The van der Waals surface area contributed by atoms with Crippen LogP contribution in [0.2, 0.25) is 0 Å². The summed E-state index contributed by atoms with van der Waals surface area (Å²) >= 11 is 0. The molecule has 0 aromatic heterocycles. The second-order valence-corrected chi connectivity index (χ2v) is 6.35. The number of nitrogens with two attached hydrogens (primary N) is 1.